The Morgan fingerprint density at radius 2 is 1.72 bits per heavy atom. The quantitative estimate of drug-likeness (QED) is 0.802. The summed E-state index contributed by atoms with van der Waals surface area (Å²) in [6.07, 6.45) is 1.02. The number of anilines is 1. The highest BCUT2D eigenvalue weighted by atomic mass is 16.1. The van der Waals surface area contributed by atoms with Crippen molar-refractivity contribution in [2.45, 2.75) is 33.2 Å². The lowest BCUT2D eigenvalue weighted by atomic mass is 9.95. The first-order valence-corrected chi connectivity index (χ1v) is 8.65. The minimum Gasteiger partial charge on any atom is -0.325 e. The zero-order valence-corrected chi connectivity index (χ0v) is 15.0. The lowest BCUT2D eigenvalue weighted by molar-refractivity contribution is -0.115. The fraction of sp³-hybridized carbons (Fsp3) is 0.333. The second-order valence-electron chi connectivity index (χ2n) is 6.44. The third-order valence-electron chi connectivity index (χ3n) is 4.19. The molecule has 0 fully saturated rings. The number of nitrogens with one attached hydrogen (secondary N) is 2. The van der Waals surface area contributed by atoms with Crippen LogP contribution in [0.2, 0.25) is 0 Å². The molecule has 0 radical (unpaired) electrons. The van der Waals surface area contributed by atoms with Crippen molar-refractivity contribution in [2.75, 3.05) is 11.9 Å². The predicted molar refractivity (Wildman–Crippen MR) is 101 cm³/mol. The number of hydrogen-bond acceptors (Lipinski definition) is 3. The van der Waals surface area contributed by atoms with E-state index in [1.807, 2.05) is 0 Å². The zero-order chi connectivity index (χ0) is 18.2. The lowest BCUT2D eigenvalue weighted by Gasteiger charge is -2.23. The zero-order valence-electron chi connectivity index (χ0n) is 15.0. The molecule has 0 spiro atoms. The molecule has 1 atom stereocenters. The van der Waals surface area contributed by atoms with Gasteiger partial charge in [0.15, 0.2) is 0 Å². The van der Waals surface area contributed by atoms with Gasteiger partial charge in [0, 0.05) is 11.7 Å². The van der Waals surface area contributed by atoms with Crippen molar-refractivity contribution in [1.82, 2.24) is 5.32 Å². The summed E-state index contributed by atoms with van der Waals surface area (Å²) in [5.41, 5.74) is 3.77. The number of carbonyl (C=O) groups is 1. The van der Waals surface area contributed by atoms with Crippen molar-refractivity contribution in [3.05, 3.63) is 65.2 Å². The van der Waals surface area contributed by atoms with E-state index in [0.29, 0.717) is 17.2 Å². The van der Waals surface area contributed by atoms with Gasteiger partial charge in [-0.05, 0) is 47.7 Å². The van der Waals surface area contributed by atoms with Crippen LogP contribution in [0, 0.1) is 17.2 Å². The number of aryl methyl sites for hydroxylation is 1. The Morgan fingerprint density at radius 3 is 2.24 bits per heavy atom. The minimum absolute atomic E-state index is 0.0967. The fourth-order valence-electron chi connectivity index (χ4n) is 2.74. The summed E-state index contributed by atoms with van der Waals surface area (Å²) in [6, 6.07) is 17.6. The van der Waals surface area contributed by atoms with Crippen LogP contribution in [-0.4, -0.2) is 12.5 Å². The maximum absolute atomic E-state index is 12.2. The molecule has 2 aromatic carbocycles. The van der Waals surface area contributed by atoms with E-state index in [0.717, 1.165) is 6.42 Å². The standard InChI is InChI=1S/C21H25N3O/c1-4-16-5-9-18(10-6-16)21(15(2)3)23-14-20(25)24-19-11-7-17(13-22)8-12-19/h5-12,15,21,23H,4,14H2,1-3H3,(H,24,25)/t21-/m1/s1. The highest BCUT2D eigenvalue weighted by Crippen LogP contribution is 2.22. The number of hydrogen-bond donors (Lipinski definition) is 2. The number of nitriles is 1. The van der Waals surface area contributed by atoms with E-state index < -0.39 is 0 Å². The van der Waals surface area contributed by atoms with Crippen LogP contribution in [0.15, 0.2) is 48.5 Å². The van der Waals surface area contributed by atoms with Gasteiger partial charge in [-0.1, -0.05) is 45.0 Å². The normalized spacial score (nSPS) is 11.8. The Labute approximate surface area is 149 Å². The summed E-state index contributed by atoms with van der Waals surface area (Å²) in [5.74, 6) is 0.274. The van der Waals surface area contributed by atoms with Crippen molar-refractivity contribution in [2.24, 2.45) is 5.92 Å². The van der Waals surface area contributed by atoms with Crippen molar-refractivity contribution in [1.29, 1.82) is 5.26 Å². The molecule has 0 aliphatic heterocycles. The molecule has 2 rings (SSSR count). The summed E-state index contributed by atoms with van der Waals surface area (Å²) in [6.45, 7) is 6.66. The molecule has 0 unspecified atom stereocenters. The number of rotatable bonds is 7. The van der Waals surface area contributed by atoms with Gasteiger partial charge in [0.2, 0.25) is 5.91 Å². The fourth-order valence-corrected chi connectivity index (χ4v) is 2.74. The second-order valence-corrected chi connectivity index (χ2v) is 6.44. The van der Waals surface area contributed by atoms with Gasteiger partial charge >= 0.3 is 0 Å². The molecule has 2 N–H and O–H groups in total. The number of nitrogens with zero attached hydrogens (tertiary/aromatic N) is 1. The summed E-state index contributed by atoms with van der Waals surface area (Å²) in [5, 5.41) is 15.0. The van der Waals surface area contributed by atoms with E-state index in [1.54, 1.807) is 24.3 Å². The minimum atomic E-state index is -0.0967. The number of carbonyl (C=O) groups excluding carboxylic acids is 1. The topological polar surface area (TPSA) is 64.9 Å². The number of benzene rings is 2. The monoisotopic (exact) mass is 335 g/mol. The Hall–Kier alpha value is -2.64. The molecule has 0 aliphatic rings. The Bertz CT molecular complexity index is 727. The van der Waals surface area contributed by atoms with Crippen molar-refractivity contribution in [3.63, 3.8) is 0 Å². The van der Waals surface area contributed by atoms with Crippen LogP contribution in [0.4, 0.5) is 5.69 Å². The molecule has 4 nitrogen and oxygen atoms in total. The van der Waals surface area contributed by atoms with Gasteiger partial charge in [-0.15, -0.1) is 0 Å². The van der Waals surface area contributed by atoms with E-state index in [9.17, 15) is 4.79 Å². The van der Waals surface area contributed by atoms with E-state index in [-0.39, 0.29) is 18.5 Å². The highest BCUT2D eigenvalue weighted by molar-refractivity contribution is 5.92. The Balaban J connectivity index is 1.95. The molecule has 0 aromatic heterocycles. The van der Waals surface area contributed by atoms with Crippen LogP contribution in [0.25, 0.3) is 0 Å². The molecule has 25 heavy (non-hydrogen) atoms. The summed E-state index contributed by atoms with van der Waals surface area (Å²) in [4.78, 5) is 12.2. The van der Waals surface area contributed by atoms with Gasteiger partial charge in [-0.3, -0.25) is 4.79 Å². The van der Waals surface area contributed by atoms with E-state index in [1.165, 1.54) is 11.1 Å². The molecule has 0 bridgehead atoms. The highest BCUT2D eigenvalue weighted by Gasteiger charge is 2.16. The molecule has 0 heterocycles. The molecule has 130 valence electrons. The van der Waals surface area contributed by atoms with Crippen LogP contribution >= 0.6 is 0 Å². The summed E-state index contributed by atoms with van der Waals surface area (Å²) < 4.78 is 0. The Morgan fingerprint density at radius 1 is 1.08 bits per heavy atom. The van der Waals surface area contributed by atoms with Gasteiger partial charge < -0.3 is 10.6 Å². The molecular formula is C21H25N3O. The van der Waals surface area contributed by atoms with Gasteiger partial charge in [0.05, 0.1) is 18.2 Å². The van der Waals surface area contributed by atoms with Gasteiger partial charge in [0.25, 0.3) is 0 Å². The molecule has 0 saturated heterocycles. The maximum Gasteiger partial charge on any atom is 0.238 e. The van der Waals surface area contributed by atoms with E-state index in [4.69, 9.17) is 5.26 Å². The van der Waals surface area contributed by atoms with Gasteiger partial charge in [-0.2, -0.15) is 5.26 Å². The van der Waals surface area contributed by atoms with Crippen LogP contribution in [0.3, 0.4) is 0 Å². The molecular weight excluding hydrogens is 310 g/mol. The van der Waals surface area contributed by atoms with Crippen LogP contribution in [0.1, 0.15) is 43.5 Å². The van der Waals surface area contributed by atoms with Crippen molar-refractivity contribution in [3.8, 4) is 6.07 Å². The van der Waals surface area contributed by atoms with Crippen LogP contribution in [-0.2, 0) is 11.2 Å². The SMILES string of the molecule is CCc1ccc([C@H](NCC(=O)Nc2ccc(C#N)cc2)C(C)C)cc1. The Kier molecular flexibility index (Phi) is 6.73. The largest absolute Gasteiger partial charge is 0.325 e. The first kappa shape index (κ1) is 18.7. The molecule has 4 heteroatoms. The first-order chi connectivity index (χ1) is 12.0. The first-order valence-electron chi connectivity index (χ1n) is 8.65. The molecule has 0 aliphatic carbocycles. The lowest BCUT2D eigenvalue weighted by Crippen LogP contribution is -2.33. The van der Waals surface area contributed by atoms with Crippen LogP contribution in [0.5, 0.6) is 0 Å². The van der Waals surface area contributed by atoms with E-state index >= 15 is 0 Å². The summed E-state index contributed by atoms with van der Waals surface area (Å²) in [7, 11) is 0. The van der Waals surface area contributed by atoms with Crippen molar-refractivity contribution >= 4 is 11.6 Å². The second kappa shape index (κ2) is 9.00. The summed E-state index contributed by atoms with van der Waals surface area (Å²) >= 11 is 0. The maximum atomic E-state index is 12.2. The molecule has 0 saturated carbocycles. The average molecular weight is 335 g/mol. The predicted octanol–water partition coefficient (Wildman–Crippen LogP) is 4.05. The third kappa shape index (κ3) is 5.44. The third-order valence-corrected chi connectivity index (χ3v) is 4.19. The number of amides is 1. The van der Waals surface area contributed by atoms with E-state index in [2.05, 4.69) is 61.7 Å². The average Bonchev–Trinajstić information content (AvgIpc) is 2.62. The molecule has 2 aromatic rings. The van der Waals surface area contributed by atoms with Gasteiger partial charge in [-0.25, -0.2) is 0 Å². The smallest absolute Gasteiger partial charge is 0.238 e. The van der Waals surface area contributed by atoms with Crippen LogP contribution < -0.4 is 10.6 Å². The van der Waals surface area contributed by atoms with Crippen molar-refractivity contribution < 1.29 is 4.79 Å². The molecule has 1 amide bonds. The van der Waals surface area contributed by atoms with Gasteiger partial charge in [0.1, 0.15) is 0 Å².